The van der Waals surface area contributed by atoms with Crippen LogP contribution in [0, 0.1) is 5.82 Å². The highest BCUT2D eigenvalue weighted by Gasteiger charge is 2.32. The van der Waals surface area contributed by atoms with Crippen LogP contribution in [0.25, 0.3) is 0 Å². The summed E-state index contributed by atoms with van der Waals surface area (Å²) < 4.78 is 51.7. The van der Waals surface area contributed by atoms with Gasteiger partial charge in [-0.25, -0.2) is 12.8 Å². The van der Waals surface area contributed by atoms with Gasteiger partial charge in [0.15, 0.2) is 0 Å². The van der Waals surface area contributed by atoms with E-state index in [0.29, 0.717) is 5.75 Å². The number of carbonyl (C=O) groups excluding carboxylic acids is 2. The lowest BCUT2D eigenvalue weighted by atomic mass is 9.95. The fraction of sp³-hybridized carbons (Fsp3) is 0.481. The van der Waals surface area contributed by atoms with E-state index in [2.05, 4.69) is 5.32 Å². The van der Waals surface area contributed by atoms with Crippen LogP contribution >= 0.6 is 0 Å². The molecule has 9 nitrogen and oxygen atoms in total. The molecule has 0 aliphatic heterocycles. The number of rotatable bonds is 11. The zero-order valence-corrected chi connectivity index (χ0v) is 23.1. The number of nitrogens with zero attached hydrogens (tertiary/aromatic N) is 2. The minimum atomic E-state index is -3.96. The van der Waals surface area contributed by atoms with Crippen LogP contribution in [-0.4, -0.2) is 64.2 Å². The van der Waals surface area contributed by atoms with Gasteiger partial charge >= 0.3 is 0 Å². The second-order valence-electron chi connectivity index (χ2n) is 9.44. The molecule has 38 heavy (non-hydrogen) atoms. The van der Waals surface area contributed by atoms with Gasteiger partial charge in [0.05, 0.1) is 26.2 Å². The Balaban J connectivity index is 1.93. The summed E-state index contributed by atoms with van der Waals surface area (Å²) in [5.41, 5.74) is 0.348. The van der Waals surface area contributed by atoms with Crippen molar-refractivity contribution in [2.75, 3.05) is 31.3 Å². The highest BCUT2D eigenvalue weighted by atomic mass is 32.2. The van der Waals surface area contributed by atoms with Gasteiger partial charge in [0.25, 0.3) is 0 Å². The number of sulfonamides is 1. The molecule has 0 saturated heterocycles. The molecule has 0 aromatic heterocycles. The molecule has 1 aliphatic carbocycles. The topological polar surface area (TPSA) is 105 Å². The minimum absolute atomic E-state index is 0.0141. The van der Waals surface area contributed by atoms with Crippen molar-refractivity contribution in [3.8, 4) is 11.5 Å². The molecule has 2 aromatic rings. The van der Waals surface area contributed by atoms with Crippen LogP contribution in [-0.2, 0) is 26.2 Å². The Morgan fingerprint density at radius 2 is 1.76 bits per heavy atom. The van der Waals surface area contributed by atoms with Gasteiger partial charge in [0.2, 0.25) is 21.8 Å². The molecule has 1 atom stereocenters. The Morgan fingerprint density at radius 3 is 2.37 bits per heavy atom. The van der Waals surface area contributed by atoms with E-state index in [1.165, 1.54) is 49.5 Å². The maximum Gasteiger partial charge on any atom is 0.244 e. The second-order valence-corrected chi connectivity index (χ2v) is 11.3. The van der Waals surface area contributed by atoms with Crippen LogP contribution in [0.1, 0.15) is 44.6 Å². The number of anilines is 1. The van der Waals surface area contributed by atoms with Crippen LogP contribution < -0.4 is 19.1 Å². The van der Waals surface area contributed by atoms with E-state index in [-0.39, 0.29) is 35.5 Å². The molecule has 1 saturated carbocycles. The highest BCUT2D eigenvalue weighted by Crippen LogP contribution is 2.33. The van der Waals surface area contributed by atoms with Crippen molar-refractivity contribution >= 4 is 27.5 Å². The van der Waals surface area contributed by atoms with Gasteiger partial charge in [-0.2, -0.15) is 0 Å². The van der Waals surface area contributed by atoms with Gasteiger partial charge in [0.1, 0.15) is 29.9 Å². The van der Waals surface area contributed by atoms with Gasteiger partial charge in [0, 0.05) is 24.2 Å². The molecule has 2 aromatic carbocycles. The van der Waals surface area contributed by atoms with Crippen LogP contribution in [0.15, 0.2) is 42.5 Å². The first-order chi connectivity index (χ1) is 18.0. The molecule has 0 spiro atoms. The Morgan fingerprint density at radius 1 is 1.08 bits per heavy atom. The first-order valence-corrected chi connectivity index (χ1v) is 14.4. The number of nitrogens with one attached hydrogen (secondary N) is 1. The summed E-state index contributed by atoms with van der Waals surface area (Å²) in [4.78, 5) is 28.1. The molecule has 11 heteroatoms. The number of hydrogen-bond acceptors (Lipinski definition) is 6. The molecule has 1 aliphatic rings. The monoisotopic (exact) mass is 549 g/mol. The third kappa shape index (κ3) is 7.37. The molecular formula is C27H36FN3O6S. The van der Waals surface area contributed by atoms with E-state index < -0.39 is 34.3 Å². The maximum absolute atomic E-state index is 14.6. The predicted molar refractivity (Wildman–Crippen MR) is 143 cm³/mol. The third-order valence-electron chi connectivity index (χ3n) is 6.75. The summed E-state index contributed by atoms with van der Waals surface area (Å²) in [6.07, 6.45) is 5.85. The Bertz CT molecular complexity index is 1230. The van der Waals surface area contributed by atoms with Crippen molar-refractivity contribution in [2.24, 2.45) is 0 Å². The predicted octanol–water partition coefficient (Wildman–Crippen LogP) is 3.48. The van der Waals surface area contributed by atoms with E-state index in [1.54, 1.807) is 19.1 Å². The summed E-state index contributed by atoms with van der Waals surface area (Å²) in [6, 6.07) is 9.56. The molecule has 208 valence electrons. The number of ether oxygens (including phenoxy) is 2. The molecule has 0 bridgehead atoms. The normalized spacial score (nSPS) is 14.9. The SMILES string of the molecule is COc1ccc(N(CC(=O)N(Cc2ccccc2F)[C@@H](C)C(=O)NC2CCCCC2)S(C)(=O)=O)c(OC)c1. The Kier molecular flexibility index (Phi) is 9.96. The fourth-order valence-electron chi connectivity index (χ4n) is 4.55. The molecule has 3 rings (SSSR count). The van der Waals surface area contributed by atoms with Crippen LogP contribution in [0.3, 0.4) is 0 Å². The van der Waals surface area contributed by atoms with Gasteiger partial charge in [-0.15, -0.1) is 0 Å². The van der Waals surface area contributed by atoms with Crippen molar-refractivity contribution < 1.29 is 31.9 Å². The first-order valence-electron chi connectivity index (χ1n) is 12.6. The number of halogens is 1. The number of benzene rings is 2. The van der Waals surface area contributed by atoms with E-state index in [1.807, 2.05) is 0 Å². The lowest BCUT2D eigenvalue weighted by Crippen LogP contribution is -2.53. The van der Waals surface area contributed by atoms with Gasteiger partial charge in [-0.1, -0.05) is 37.5 Å². The lowest BCUT2D eigenvalue weighted by Gasteiger charge is -2.33. The Hall–Kier alpha value is -3.34. The summed E-state index contributed by atoms with van der Waals surface area (Å²) in [6.45, 7) is 0.745. The Labute approximate surface area is 224 Å². The first kappa shape index (κ1) is 29.2. The molecular weight excluding hydrogens is 513 g/mol. The van der Waals surface area contributed by atoms with Crippen LogP contribution in [0.4, 0.5) is 10.1 Å². The van der Waals surface area contributed by atoms with Crippen molar-refractivity contribution in [1.82, 2.24) is 10.2 Å². The molecule has 2 amide bonds. The largest absolute Gasteiger partial charge is 0.497 e. The zero-order chi connectivity index (χ0) is 27.9. The van der Waals surface area contributed by atoms with Crippen molar-refractivity contribution in [2.45, 2.75) is 57.7 Å². The summed E-state index contributed by atoms with van der Waals surface area (Å²) >= 11 is 0. The molecule has 1 fully saturated rings. The quantitative estimate of drug-likeness (QED) is 0.460. The van der Waals surface area contributed by atoms with Crippen molar-refractivity contribution in [1.29, 1.82) is 0 Å². The molecule has 0 radical (unpaired) electrons. The zero-order valence-electron chi connectivity index (χ0n) is 22.3. The average Bonchev–Trinajstić information content (AvgIpc) is 2.90. The molecule has 1 N–H and O–H groups in total. The van der Waals surface area contributed by atoms with Gasteiger partial charge in [-0.05, 0) is 38.0 Å². The summed E-state index contributed by atoms with van der Waals surface area (Å²) in [5.74, 6) is -0.926. The smallest absolute Gasteiger partial charge is 0.244 e. The van der Waals surface area contributed by atoms with Crippen molar-refractivity contribution in [3.05, 3.63) is 53.8 Å². The van der Waals surface area contributed by atoms with Gasteiger partial charge < -0.3 is 19.7 Å². The number of carbonyl (C=O) groups is 2. The lowest BCUT2D eigenvalue weighted by molar-refractivity contribution is -0.139. The second kappa shape index (κ2) is 12.9. The van der Waals surface area contributed by atoms with E-state index in [9.17, 15) is 22.4 Å². The number of hydrogen-bond donors (Lipinski definition) is 1. The molecule has 0 heterocycles. The van der Waals surface area contributed by atoms with E-state index >= 15 is 0 Å². The van der Waals surface area contributed by atoms with Crippen LogP contribution in [0.2, 0.25) is 0 Å². The van der Waals surface area contributed by atoms with E-state index in [0.717, 1.165) is 42.7 Å². The van der Waals surface area contributed by atoms with E-state index in [4.69, 9.17) is 9.47 Å². The van der Waals surface area contributed by atoms with Gasteiger partial charge in [-0.3, -0.25) is 13.9 Å². The average molecular weight is 550 g/mol. The number of amides is 2. The van der Waals surface area contributed by atoms with Crippen LogP contribution in [0.5, 0.6) is 11.5 Å². The summed E-state index contributed by atoms with van der Waals surface area (Å²) in [5, 5.41) is 3.01. The minimum Gasteiger partial charge on any atom is -0.497 e. The number of methoxy groups -OCH3 is 2. The third-order valence-corrected chi connectivity index (χ3v) is 7.88. The van der Waals surface area contributed by atoms with Crippen molar-refractivity contribution in [3.63, 3.8) is 0 Å². The summed E-state index contributed by atoms with van der Waals surface area (Å²) in [7, 11) is -1.12. The maximum atomic E-state index is 14.6. The standard InChI is InChI=1S/C27H36FN3O6S/c1-19(27(33)29-21-11-6-5-7-12-21)30(17-20-10-8-9-13-23(20)28)26(32)18-31(38(4,34)35)24-15-14-22(36-2)16-25(24)37-3/h8-10,13-16,19,21H,5-7,11-12,17-18H2,1-4H3,(H,29,33)/t19-/m0/s1. The molecule has 0 unspecified atom stereocenters. The highest BCUT2D eigenvalue weighted by molar-refractivity contribution is 7.92. The fourth-order valence-corrected chi connectivity index (χ4v) is 5.40.